The third-order valence-corrected chi connectivity index (χ3v) is 1.50. The van der Waals surface area contributed by atoms with Gasteiger partial charge in [-0.2, -0.15) is 0 Å². The van der Waals surface area contributed by atoms with Gasteiger partial charge in [0, 0.05) is 7.05 Å². The molecular weight excluding hydrogens is 182 g/mol. The summed E-state index contributed by atoms with van der Waals surface area (Å²) < 4.78 is 24.2. The molecule has 0 rings (SSSR count). The van der Waals surface area contributed by atoms with Crippen molar-refractivity contribution in [3.05, 3.63) is 0 Å². The average molecular weight is 195 g/mol. The lowest BCUT2D eigenvalue weighted by Gasteiger charge is -2.22. The summed E-state index contributed by atoms with van der Waals surface area (Å²) in [5.41, 5.74) is -0.648. The summed E-state index contributed by atoms with van der Waals surface area (Å²) in [6, 6.07) is 0. The quantitative estimate of drug-likeness (QED) is 0.633. The molecule has 0 aromatic heterocycles. The van der Waals surface area contributed by atoms with Gasteiger partial charge in [0.1, 0.15) is 5.60 Å². The molecule has 1 N–H and O–H groups in total. The standard InChI is InChI=1S/C6H13NO4S/c1-6(2,3)11-5(8)7(4)12(9)10/h1-4H3,(H,9,10). The van der Waals surface area contributed by atoms with E-state index in [9.17, 15) is 9.00 Å². The van der Waals surface area contributed by atoms with Crippen LogP contribution >= 0.6 is 0 Å². The molecule has 0 aromatic rings. The summed E-state index contributed by atoms with van der Waals surface area (Å²) in [4.78, 5) is 11.0. The Morgan fingerprint density at radius 3 is 2.17 bits per heavy atom. The first-order chi connectivity index (χ1) is 5.24. The maximum atomic E-state index is 11.0. The molecule has 0 aromatic carbocycles. The van der Waals surface area contributed by atoms with E-state index in [4.69, 9.17) is 9.29 Å². The van der Waals surface area contributed by atoms with E-state index in [0.29, 0.717) is 4.31 Å². The Bertz CT molecular complexity index is 198. The third-order valence-electron chi connectivity index (χ3n) is 0.885. The minimum Gasteiger partial charge on any atom is -0.443 e. The van der Waals surface area contributed by atoms with Crippen molar-refractivity contribution in [3.63, 3.8) is 0 Å². The van der Waals surface area contributed by atoms with Gasteiger partial charge in [-0.3, -0.25) is 4.55 Å². The van der Waals surface area contributed by atoms with Crippen molar-refractivity contribution in [2.24, 2.45) is 0 Å². The molecule has 0 aliphatic carbocycles. The Balaban J connectivity index is 4.15. The van der Waals surface area contributed by atoms with E-state index in [2.05, 4.69) is 0 Å². The molecule has 0 heterocycles. The fraction of sp³-hybridized carbons (Fsp3) is 0.833. The molecule has 1 atom stereocenters. The van der Waals surface area contributed by atoms with Gasteiger partial charge in [0.2, 0.25) is 0 Å². The summed E-state index contributed by atoms with van der Waals surface area (Å²) in [5, 5.41) is 0. The van der Waals surface area contributed by atoms with Crippen molar-refractivity contribution >= 4 is 17.4 Å². The van der Waals surface area contributed by atoms with Gasteiger partial charge < -0.3 is 4.74 Å². The van der Waals surface area contributed by atoms with Crippen molar-refractivity contribution in [1.29, 1.82) is 0 Å². The van der Waals surface area contributed by atoms with E-state index in [-0.39, 0.29) is 0 Å². The SMILES string of the molecule is CN(C(=O)OC(C)(C)C)S(=O)O. The second-order valence-corrected chi connectivity index (χ2v) is 4.22. The van der Waals surface area contributed by atoms with Crippen LogP contribution in [0, 0.1) is 0 Å². The van der Waals surface area contributed by atoms with Gasteiger partial charge in [-0.25, -0.2) is 13.3 Å². The number of amides is 1. The highest BCUT2D eigenvalue weighted by Gasteiger charge is 2.21. The van der Waals surface area contributed by atoms with E-state index in [1.807, 2.05) is 0 Å². The first-order valence-corrected chi connectivity index (χ1v) is 4.38. The topological polar surface area (TPSA) is 66.8 Å². The second kappa shape index (κ2) is 3.86. The number of rotatable bonds is 1. The minimum atomic E-state index is -2.32. The normalized spacial score (nSPS) is 13.8. The Morgan fingerprint density at radius 2 is 1.92 bits per heavy atom. The third kappa shape index (κ3) is 4.30. The van der Waals surface area contributed by atoms with Crippen LogP contribution in [0.15, 0.2) is 0 Å². The highest BCUT2D eigenvalue weighted by Crippen LogP contribution is 2.09. The summed E-state index contributed by atoms with van der Waals surface area (Å²) in [7, 11) is 1.18. The van der Waals surface area contributed by atoms with E-state index >= 15 is 0 Å². The molecule has 0 bridgehead atoms. The Hall–Kier alpha value is -0.620. The Labute approximate surface area is 74.1 Å². The van der Waals surface area contributed by atoms with Crippen molar-refractivity contribution in [2.45, 2.75) is 26.4 Å². The van der Waals surface area contributed by atoms with Crippen LogP contribution in [0.2, 0.25) is 0 Å². The largest absolute Gasteiger partial charge is 0.443 e. The molecule has 0 radical (unpaired) electrons. The zero-order valence-corrected chi connectivity index (χ0v) is 8.34. The highest BCUT2D eigenvalue weighted by atomic mass is 32.2. The van der Waals surface area contributed by atoms with Gasteiger partial charge in [-0.15, -0.1) is 0 Å². The molecule has 72 valence electrons. The van der Waals surface area contributed by atoms with E-state index in [1.165, 1.54) is 7.05 Å². The maximum absolute atomic E-state index is 11.0. The first-order valence-electron chi connectivity index (χ1n) is 3.32. The zero-order valence-electron chi connectivity index (χ0n) is 7.53. The molecule has 12 heavy (non-hydrogen) atoms. The van der Waals surface area contributed by atoms with E-state index < -0.39 is 23.0 Å². The molecule has 6 heteroatoms. The first kappa shape index (κ1) is 11.4. The van der Waals surface area contributed by atoms with Gasteiger partial charge in [0.15, 0.2) is 0 Å². The second-order valence-electron chi connectivity index (χ2n) is 3.21. The number of ether oxygens (including phenoxy) is 1. The van der Waals surface area contributed by atoms with Crippen molar-refractivity contribution in [1.82, 2.24) is 4.31 Å². The summed E-state index contributed by atoms with van der Waals surface area (Å²) in [6.45, 7) is 5.04. The van der Waals surface area contributed by atoms with Crippen molar-refractivity contribution < 1.29 is 18.3 Å². The fourth-order valence-electron chi connectivity index (χ4n) is 0.390. The molecule has 0 spiro atoms. The smallest absolute Gasteiger partial charge is 0.423 e. The Morgan fingerprint density at radius 1 is 1.50 bits per heavy atom. The Kier molecular flexibility index (Phi) is 3.66. The number of hydrogen-bond acceptors (Lipinski definition) is 3. The van der Waals surface area contributed by atoms with Gasteiger partial charge in [-0.05, 0) is 20.8 Å². The highest BCUT2D eigenvalue weighted by molar-refractivity contribution is 7.77. The minimum absolute atomic E-state index is 0.602. The fourth-order valence-corrected chi connectivity index (χ4v) is 0.555. The number of nitrogens with zero attached hydrogens (tertiary/aromatic N) is 1. The summed E-state index contributed by atoms with van der Waals surface area (Å²) >= 11 is -2.32. The number of carbonyl (C=O) groups is 1. The molecule has 1 unspecified atom stereocenters. The molecule has 0 aliphatic rings. The summed E-state index contributed by atoms with van der Waals surface area (Å²) in [6.07, 6.45) is -0.816. The molecule has 0 saturated carbocycles. The number of carbonyl (C=O) groups excluding carboxylic acids is 1. The van der Waals surface area contributed by atoms with Crippen LogP contribution in [0.3, 0.4) is 0 Å². The van der Waals surface area contributed by atoms with Crippen LogP contribution in [0.1, 0.15) is 20.8 Å². The lowest BCUT2D eigenvalue weighted by atomic mass is 10.2. The molecule has 0 aliphatic heterocycles. The van der Waals surface area contributed by atoms with Crippen molar-refractivity contribution in [3.8, 4) is 0 Å². The molecule has 0 saturated heterocycles. The maximum Gasteiger partial charge on any atom is 0.423 e. The summed E-state index contributed by atoms with van der Waals surface area (Å²) in [5.74, 6) is 0. The van der Waals surface area contributed by atoms with Crippen LogP contribution in [0.5, 0.6) is 0 Å². The van der Waals surface area contributed by atoms with E-state index in [0.717, 1.165) is 0 Å². The lowest BCUT2D eigenvalue weighted by molar-refractivity contribution is 0.0419. The predicted molar refractivity (Wildman–Crippen MR) is 44.8 cm³/mol. The van der Waals surface area contributed by atoms with Crippen molar-refractivity contribution in [2.75, 3.05) is 7.05 Å². The molecular formula is C6H13NO4S. The van der Waals surface area contributed by atoms with Crippen LogP contribution in [0.4, 0.5) is 4.79 Å². The number of hydrogen-bond donors (Lipinski definition) is 1. The van der Waals surface area contributed by atoms with Crippen LogP contribution in [-0.4, -0.2) is 31.8 Å². The predicted octanol–water partition coefficient (Wildman–Crippen LogP) is 0.990. The van der Waals surface area contributed by atoms with Crippen LogP contribution in [-0.2, 0) is 16.0 Å². The molecule has 5 nitrogen and oxygen atoms in total. The van der Waals surface area contributed by atoms with Crippen LogP contribution in [0.25, 0.3) is 0 Å². The average Bonchev–Trinajstić information content (AvgIpc) is 1.82. The van der Waals surface area contributed by atoms with Gasteiger partial charge in [0.25, 0.3) is 11.3 Å². The van der Waals surface area contributed by atoms with Gasteiger partial charge >= 0.3 is 6.09 Å². The molecule has 1 amide bonds. The van der Waals surface area contributed by atoms with Gasteiger partial charge in [-0.1, -0.05) is 0 Å². The zero-order chi connectivity index (χ0) is 9.94. The monoisotopic (exact) mass is 195 g/mol. The lowest BCUT2D eigenvalue weighted by Crippen LogP contribution is -2.34. The van der Waals surface area contributed by atoms with E-state index in [1.54, 1.807) is 20.8 Å². The molecule has 0 fully saturated rings. The van der Waals surface area contributed by atoms with Crippen LogP contribution < -0.4 is 0 Å². The van der Waals surface area contributed by atoms with Gasteiger partial charge in [0.05, 0.1) is 0 Å².